The number of carboxylic acid groups (broad SMARTS) is 1. The first-order valence-electron chi connectivity index (χ1n) is 8.81. The summed E-state index contributed by atoms with van der Waals surface area (Å²) in [6, 6.07) is 7.49. The van der Waals surface area contributed by atoms with E-state index < -0.39 is 11.9 Å². The maximum atomic E-state index is 12.7. The number of nitrogens with zero attached hydrogens (tertiary/aromatic N) is 2. The van der Waals surface area contributed by atoms with Crippen LogP contribution >= 0.6 is 0 Å². The molecule has 2 fully saturated rings. The third kappa shape index (κ3) is 3.66. The number of benzene rings is 1. The van der Waals surface area contributed by atoms with E-state index in [2.05, 4.69) is 0 Å². The third-order valence-electron chi connectivity index (χ3n) is 5.34. The molecule has 2 aliphatic heterocycles. The number of aliphatic carboxylic acids is 1. The molecule has 7 heteroatoms. The van der Waals surface area contributed by atoms with Crippen molar-refractivity contribution in [1.82, 2.24) is 9.80 Å². The van der Waals surface area contributed by atoms with Crippen LogP contribution in [0, 0.1) is 17.8 Å². The standard InChI is InChI=1S/C19H24N2O5/c1-12-8-21(11-16(12)19(24)25)18(23)14-7-17(22)20(10-14)9-13-3-5-15(26-2)6-4-13/h3-6,12,14,16H,7-11H2,1-2H3,(H,24,25)/t12-,14?,16-/m1/s1. The van der Waals surface area contributed by atoms with Gasteiger partial charge in [0.15, 0.2) is 0 Å². The molecular formula is C19H24N2O5. The van der Waals surface area contributed by atoms with E-state index in [0.717, 1.165) is 11.3 Å². The Hall–Kier alpha value is -2.57. The topological polar surface area (TPSA) is 87.2 Å². The maximum absolute atomic E-state index is 12.7. The first kappa shape index (κ1) is 18.2. The van der Waals surface area contributed by atoms with Crippen LogP contribution < -0.4 is 4.74 Å². The minimum atomic E-state index is -0.864. The largest absolute Gasteiger partial charge is 0.497 e. The summed E-state index contributed by atoms with van der Waals surface area (Å²) < 4.78 is 5.13. The molecule has 0 spiro atoms. The average Bonchev–Trinajstić information content (AvgIpc) is 3.18. The highest BCUT2D eigenvalue weighted by Gasteiger charge is 2.42. The third-order valence-corrected chi connectivity index (χ3v) is 5.34. The number of carboxylic acids is 1. The summed E-state index contributed by atoms with van der Waals surface area (Å²) >= 11 is 0. The second-order valence-electron chi connectivity index (χ2n) is 7.19. The number of carbonyl (C=O) groups is 3. The number of likely N-dealkylation sites (tertiary alicyclic amines) is 2. The van der Waals surface area contributed by atoms with Crippen LogP contribution in [0.3, 0.4) is 0 Å². The molecule has 2 saturated heterocycles. The number of carbonyl (C=O) groups excluding carboxylic acids is 2. The van der Waals surface area contributed by atoms with E-state index >= 15 is 0 Å². The second-order valence-corrected chi connectivity index (χ2v) is 7.19. The fourth-order valence-electron chi connectivity index (χ4n) is 3.77. The van der Waals surface area contributed by atoms with Gasteiger partial charge < -0.3 is 19.6 Å². The highest BCUT2D eigenvalue weighted by Crippen LogP contribution is 2.28. The van der Waals surface area contributed by atoms with Crippen molar-refractivity contribution in [3.8, 4) is 5.75 Å². The van der Waals surface area contributed by atoms with Crippen LogP contribution in [0.1, 0.15) is 18.9 Å². The van der Waals surface area contributed by atoms with Crippen molar-refractivity contribution in [2.75, 3.05) is 26.7 Å². The quantitative estimate of drug-likeness (QED) is 0.853. The highest BCUT2D eigenvalue weighted by molar-refractivity contribution is 5.89. The number of amides is 2. The SMILES string of the molecule is COc1ccc(CN2CC(C(=O)N3C[C@@H](C)[C@H](C(=O)O)C3)CC2=O)cc1. The summed E-state index contributed by atoms with van der Waals surface area (Å²) in [5.41, 5.74) is 0.980. The number of hydrogen-bond acceptors (Lipinski definition) is 4. The molecule has 26 heavy (non-hydrogen) atoms. The fourth-order valence-corrected chi connectivity index (χ4v) is 3.77. The Kier molecular flexibility index (Phi) is 5.15. The molecule has 3 rings (SSSR count). The molecule has 2 aliphatic rings. The number of ether oxygens (including phenoxy) is 1. The Labute approximate surface area is 152 Å². The summed E-state index contributed by atoms with van der Waals surface area (Å²) in [7, 11) is 1.60. The van der Waals surface area contributed by atoms with Gasteiger partial charge in [-0.05, 0) is 23.6 Å². The Morgan fingerprint density at radius 2 is 1.88 bits per heavy atom. The van der Waals surface area contributed by atoms with E-state index in [0.29, 0.717) is 19.6 Å². The lowest BCUT2D eigenvalue weighted by Gasteiger charge is -2.21. The van der Waals surface area contributed by atoms with Gasteiger partial charge in [0.1, 0.15) is 5.75 Å². The molecule has 1 aromatic rings. The molecule has 0 bridgehead atoms. The van der Waals surface area contributed by atoms with Crippen LogP contribution in [0.4, 0.5) is 0 Å². The molecule has 0 aliphatic carbocycles. The van der Waals surface area contributed by atoms with E-state index in [4.69, 9.17) is 4.74 Å². The van der Waals surface area contributed by atoms with Crippen molar-refractivity contribution >= 4 is 17.8 Å². The zero-order chi connectivity index (χ0) is 18.8. The molecule has 2 heterocycles. The summed E-state index contributed by atoms with van der Waals surface area (Å²) in [4.78, 5) is 39.6. The Balaban J connectivity index is 1.60. The zero-order valence-electron chi connectivity index (χ0n) is 15.1. The van der Waals surface area contributed by atoms with Gasteiger partial charge >= 0.3 is 5.97 Å². The van der Waals surface area contributed by atoms with Gasteiger partial charge in [-0.3, -0.25) is 14.4 Å². The molecular weight excluding hydrogens is 336 g/mol. The van der Waals surface area contributed by atoms with Crippen LogP contribution in [0.25, 0.3) is 0 Å². The molecule has 0 saturated carbocycles. The number of rotatable bonds is 5. The van der Waals surface area contributed by atoms with E-state index in [1.54, 1.807) is 16.9 Å². The normalized spacial score (nSPS) is 25.6. The molecule has 0 radical (unpaired) electrons. The second kappa shape index (κ2) is 7.35. The van der Waals surface area contributed by atoms with Crippen LogP contribution in [0.5, 0.6) is 5.75 Å². The van der Waals surface area contributed by atoms with E-state index in [9.17, 15) is 19.5 Å². The Bertz CT molecular complexity index is 702. The summed E-state index contributed by atoms with van der Waals surface area (Å²) in [5, 5.41) is 9.22. The average molecular weight is 360 g/mol. The van der Waals surface area contributed by atoms with Gasteiger partial charge in [-0.2, -0.15) is 0 Å². The molecule has 1 aromatic carbocycles. The first-order valence-corrected chi connectivity index (χ1v) is 8.81. The maximum Gasteiger partial charge on any atom is 0.308 e. The van der Waals surface area contributed by atoms with Crippen molar-refractivity contribution < 1.29 is 24.2 Å². The summed E-state index contributed by atoms with van der Waals surface area (Å²) in [6.45, 7) is 3.37. The fraction of sp³-hybridized carbons (Fsp3) is 0.526. The minimum absolute atomic E-state index is 0.0406. The van der Waals surface area contributed by atoms with Crippen molar-refractivity contribution in [2.24, 2.45) is 17.8 Å². The number of methoxy groups -OCH3 is 1. The Morgan fingerprint density at radius 3 is 2.46 bits per heavy atom. The molecule has 0 aromatic heterocycles. The number of hydrogen-bond donors (Lipinski definition) is 1. The van der Waals surface area contributed by atoms with E-state index in [1.165, 1.54) is 0 Å². The highest BCUT2D eigenvalue weighted by atomic mass is 16.5. The van der Waals surface area contributed by atoms with Crippen molar-refractivity contribution in [1.29, 1.82) is 0 Å². The van der Waals surface area contributed by atoms with Crippen LogP contribution in [0.2, 0.25) is 0 Å². The van der Waals surface area contributed by atoms with Crippen LogP contribution in [0.15, 0.2) is 24.3 Å². The Morgan fingerprint density at radius 1 is 1.19 bits per heavy atom. The van der Waals surface area contributed by atoms with Gasteiger partial charge in [-0.25, -0.2) is 0 Å². The molecule has 7 nitrogen and oxygen atoms in total. The van der Waals surface area contributed by atoms with E-state index in [-0.39, 0.29) is 36.6 Å². The lowest BCUT2D eigenvalue weighted by Crippen LogP contribution is -2.36. The smallest absolute Gasteiger partial charge is 0.308 e. The molecule has 140 valence electrons. The predicted octanol–water partition coefficient (Wildman–Crippen LogP) is 1.22. The molecule has 1 unspecified atom stereocenters. The van der Waals surface area contributed by atoms with Crippen molar-refractivity contribution in [2.45, 2.75) is 19.9 Å². The van der Waals surface area contributed by atoms with Crippen molar-refractivity contribution in [3.63, 3.8) is 0 Å². The van der Waals surface area contributed by atoms with Crippen molar-refractivity contribution in [3.05, 3.63) is 29.8 Å². The van der Waals surface area contributed by atoms with Crippen LogP contribution in [-0.2, 0) is 20.9 Å². The predicted molar refractivity (Wildman–Crippen MR) is 93.4 cm³/mol. The molecule has 2 amide bonds. The van der Waals surface area contributed by atoms with Gasteiger partial charge in [0.2, 0.25) is 11.8 Å². The van der Waals surface area contributed by atoms with Gasteiger partial charge in [0.25, 0.3) is 0 Å². The minimum Gasteiger partial charge on any atom is -0.497 e. The van der Waals surface area contributed by atoms with Crippen LogP contribution in [-0.4, -0.2) is 59.4 Å². The monoisotopic (exact) mass is 360 g/mol. The first-order chi connectivity index (χ1) is 12.4. The summed E-state index contributed by atoms with van der Waals surface area (Å²) in [5.74, 6) is -1.23. The molecule has 3 atom stereocenters. The summed E-state index contributed by atoms with van der Waals surface area (Å²) in [6.07, 6.45) is 0.192. The molecule has 1 N–H and O–H groups in total. The van der Waals surface area contributed by atoms with Gasteiger partial charge in [0.05, 0.1) is 18.9 Å². The zero-order valence-corrected chi connectivity index (χ0v) is 15.1. The van der Waals surface area contributed by atoms with Gasteiger partial charge in [-0.15, -0.1) is 0 Å². The lowest BCUT2D eigenvalue weighted by atomic mass is 9.99. The van der Waals surface area contributed by atoms with E-state index in [1.807, 2.05) is 31.2 Å². The van der Waals surface area contributed by atoms with Gasteiger partial charge in [-0.1, -0.05) is 19.1 Å². The van der Waals surface area contributed by atoms with Gasteiger partial charge in [0, 0.05) is 32.6 Å². The lowest BCUT2D eigenvalue weighted by molar-refractivity contribution is -0.142.